The summed E-state index contributed by atoms with van der Waals surface area (Å²) in [7, 11) is 1.70. The Balaban J connectivity index is 1.56. The van der Waals surface area contributed by atoms with Crippen molar-refractivity contribution < 1.29 is 4.74 Å². The normalized spacial score (nSPS) is 14.9. The molecular formula is C19H24N6OS. The van der Waals surface area contributed by atoms with Crippen molar-refractivity contribution in [2.45, 2.75) is 38.0 Å². The molecule has 0 amide bonds. The molecule has 0 aromatic carbocycles. The van der Waals surface area contributed by atoms with Crippen molar-refractivity contribution in [3.63, 3.8) is 0 Å². The number of methoxy groups -OCH3 is 1. The summed E-state index contributed by atoms with van der Waals surface area (Å²) < 4.78 is 5.06. The summed E-state index contributed by atoms with van der Waals surface area (Å²) in [5, 5.41) is 14.0. The Labute approximate surface area is 162 Å². The summed E-state index contributed by atoms with van der Waals surface area (Å²) in [6, 6.07) is 3.94. The second-order valence-electron chi connectivity index (χ2n) is 6.88. The van der Waals surface area contributed by atoms with E-state index in [0.717, 1.165) is 51.9 Å². The molecule has 3 heterocycles. The first kappa shape index (κ1) is 18.1. The van der Waals surface area contributed by atoms with Crippen molar-refractivity contribution in [2.24, 2.45) is 0 Å². The summed E-state index contributed by atoms with van der Waals surface area (Å²) in [6.45, 7) is 1.55. The van der Waals surface area contributed by atoms with E-state index in [1.54, 1.807) is 18.4 Å². The maximum Gasteiger partial charge on any atom is 0.151 e. The highest BCUT2D eigenvalue weighted by molar-refractivity contribution is 7.14. The van der Waals surface area contributed by atoms with Crippen LogP contribution < -0.4 is 11.1 Å². The first-order chi connectivity index (χ1) is 13.2. The second kappa shape index (κ2) is 8.14. The van der Waals surface area contributed by atoms with Crippen LogP contribution in [-0.4, -0.2) is 40.4 Å². The van der Waals surface area contributed by atoms with Gasteiger partial charge in [-0.3, -0.25) is 4.98 Å². The molecule has 1 aliphatic rings. The van der Waals surface area contributed by atoms with Crippen LogP contribution in [0.15, 0.2) is 18.3 Å². The van der Waals surface area contributed by atoms with Crippen molar-refractivity contribution in [3.05, 3.63) is 23.3 Å². The molecule has 1 fully saturated rings. The van der Waals surface area contributed by atoms with Crippen LogP contribution in [0.2, 0.25) is 0 Å². The van der Waals surface area contributed by atoms with Gasteiger partial charge in [0.15, 0.2) is 5.01 Å². The van der Waals surface area contributed by atoms with Crippen molar-refractivity contribution in [1.82, 2.24) is 20.2 Å². The topological polar surface area (TPSA) is 98.8 Å². The number of nitrogen functional groups attached to an aromatic ring is 1. The minimum absolute atomic E-state index is 0.468. The molecule has 3 N–H and O–H groups in total. The smallest absolute Gasteiger partial charge is 0.151 e. The average Bonchev–Trinajstić information content (AvgIpc) is 3.36. The van der Waals surface area contributed by atoms with Gasteiger partial charge in [-0.25, -0.2) is 4.98 Å². The number of ether oxygens (including phenoxy) is 1. The van der Waals surface area contributed by atoms with Crippen LogP contribution in [0.25, 0.3) is 21.6 Å². The van der Waals surface area contributed by atoms with Gasteiger partial charge in [-0.05, 0) is 31.4 Å². The SMILES string of the molecule is COCCCNc1cnc2cc(-c3nnc(C4CCCC4)s3)c(N)nc2c1. The van der Waals surface area contributed by atoms with Crippen molar-refractivity contribution in [3.8, 4) is 10.6 Å². The number of nitrogens with two attached hydrogens (primary N) is 1. The van der Waals surface area contributed by atoms with E-state index in [0.29, 0.717) is 11.7 Å². The molecule has 0 bridgehead atoms. The molecule has 3 aromatic rings. The molecule has 0 unspecified atom stereocenters. The Morgan fingerprint density at radius 1 is 1.22 bits per heavy atom. The molecule has 27 heavy (non-hydrogen) atoms. The van der Waals surface area contributed by atoms with Gasteiger partial charge in [-0.2, -0.15) is 0 Å². The molecule has 142 valence electrons. The Bertz CT molecular complexity index is 922. The number of aromatic nitrogens is 4. The summed E-state index contributed by atoms with van der Waals surface area (Å²) in [5.41, 5.74) is 9.56. The van der Waals surface area contributed by atoms with E-state index in [1.165, 1.54) is 25.7 Å². The van der Waals surface area contributed by atoms with Gasteiger partial charge >= 0.3 is 0 Å². The van der Waals surface area contributed by atoms with E-state index in [9.17, 15) is 0 Å². The van der Waals surface area contributed by atoms with E-state index in [1.807, 2.05) is 18.3 Å². The minimum Gasteiger partial charge on any atom is -0.385 e. The van der Waals surface area contributed by atoms with Gasteiger partial charge < -0.3 is 15.8 Å². The molecule has 1 aliphatic carbocycles. The van der Waals surface area contributed by atoms with Gasteiger partial charge in [0.2, 0.25) is 0 Å². The third-order valence-corrected chi connectivity index (χ3v) is 6.04. The molecule has 1 saturated carbocycles. The lowest BCUT2D eigenvalue weighted by molar-refractivity contribution is 0.198. The lowest BCUT2D eigenvalue weighted by Crippen LogP contribution is -2.05. The molecule has 0 atom stereocenters. The molecule has 8 heteroatoms. The number of hydrogen-bond acceptors (Lipinski definition) is 8. The Morgan fingerprint density at radius 2 is 2.07 bits per heavy atom. The molecule has 0 saturated heterocycles. The average molecular weight is 385 g/mol. The fourth-order valence-electron chi connectivity index (χ4n) is 3.46. The van der Waals surface area contributed by atoms with Gasteiger partial charge in [0.1, 0.15) is 10.8 Å². The highest BCUT2D eigenvalue weighted by Gasteiger charge is 2.22. The van der Waals surface area contributed by atoms with E-state index in [-0.39, 0.29) is 0 Å². The summed E-state index contributed by atoms with van der Waals surface area (Å²) in [4.78, 5) is 9.09. The van der Waals surface area contributed by atoms with Gasteiger partial charge in [0.05, 0.1) is 28.5 Å². The number of pyridine rings is 2. The zero-order valence-electron chi connectivity index (χ0n) is 15.4. The first-order valence-corrected chi connectivity index (χ1v) is 10.2. The standard InChI is InChI=1S/C19H24N6OS/c1-26-8-4-7-21-13-9-16-15(22-11-13)10-14(17(20)23-16)19-25-24-18(27-19)12-5-2-3-6-12/h9-12,21H,2-8H2,1H3,(H2,20,23). The Morgan fingerprint density at radius 3 is 2.89 bits per heavy atom. The monoisotopic (exact) mass is 384 g/mol. The highest BCUT2D eigenvalue weighted by Crippen LogP contribution is 2.38. The minimum atomic E-state index is 0.468. The molecule has 7 nitrogen and oxygen atoms in total. The zero-order valence-corrected chi connectivity index (χ0v) is 16.3. The first-order valence-electron chi connectivity index (χ1n) is 9.37. The van der Waals surface area contributed by atoms with Crippen LogP contribution in [0.4, 0.5) is 11.5 Å². The van der Waals surface area contributed by atoms with Crippen LogP contribution in [-0.2, 0) is 4.74 Å². The number of nitrogens with one attached hydrogen (secondary N) is 1. The van der Waals surface area contributed by atoms with E-state index in [2.05, 4.69) is 25.5 Å². The third kappa shape index (κ3) is 4.01. The largest absolute Gasteiger partial charge is 0.385 e. The lowest BCUT2D eigenvalue weighted by Gasteiger charge is -2.08. The second-order valence-corrected chi connectivity index (χ2v) is 7.89. The van der Waals surface area contributed by atoms with Crippen LogP contribution in [0.5, 0.6) is 0 Å². The predicted octanol–water partition coefficient (Wildman–Crippen LogP) is 3.84. The van der Waals surface area contributed by atoms with Crippen LogP contribution in [0, 0.1) is 0 Å². The van der Waals surface area contributed by atoms with E-state index in [4.69, 9.17) is 10.5 Å². The van der Waals surface area contributed by atoms with Crippen LogP contribution in [0.1, 0.15) is 43.0 Å². The van der Waals surface area contributed by atoms with E-state index < -0.39 is 0 Å². The number of nitrogens with zero attached hydrogens (tertiary/aromatic N) is 4. The number of fused-ring (bicyclic) bond motifs is 1. The van der Waals surface area contributed by atoms with Gasteiger partial charge in [-0.1, -0.05) is 24.2 Å². The zero-order chi connectivity index (χ0) is 18.6. The predicted molar refractivity (Wildman–Crippen MR) is 109 cm³/mol. The fourth-order valence-corrected chi connectivity index (χ4v) is 4.50. The molecule has 0 radical (unpaired) electrons. The molecule has 0 spiro atoms. The highest BCUT2D eigenvalue weighted by atomic mass is 32.1. The maximum atomic E-state index is 6.23. The maximum absolute atomic E-state index is 6.23. The van der Waals surface area contributed by atoms with Crippen molar-refractivity contribution in [2.75, 3.05) is 31.3 Å². The molecule has 4 rings (SSSR count). The number of hydrogen-bond donors (Lipinski definition) is 2. The number of anilines is 2. The van der Waals surface area contributed by atoms with Crippen molar-refractivity contribution in [1.29, 1.82) is 0 Å². The van der Waals surface area contributed by atoms with E-state index >= 15 is 0 Å². The number of rotatable bonds is 7. The molecule has 3 aromatic heterocycles. The molecular weight excluding hydrogens is 360 g/mol. The molecule has 0 aliphatic heterocycles. The quantitative estimate of drug-likeness (QED) is 0.597. The third-order valence-electron chi connectivity index (χ3n) is 4.93. The Kier molecular flexibility index (Phi) is 5.45. The lowest BCUT2D eigenvalue weighted by atomic mass is 10.1. The van der Waals surface area contributed by atoms with Crippen molar-refractivity contribution >= 4 is 33.9 Å². The summed E-state index contributed by atoms with van der Waals surface area (Å²) >= 11 is 1.63. The summed E-state index contributed by atoms with van der Waals surface area (Å²) in [5.74, 6) is 1.02. The van der Waals surface area contributed by atoms with Gasteiger partial charge in [0, 0.05) is 26.2 Å². The van der Waals surface area contributed by atoms with Gasteiger partial charge in [-0.15, -0.1) is 10.2 Å². The fraction of sp³-hybridized carbons (Fsp3) is 0.474. The summed E-state index contributed by atoms with van der Waals surface area (Å²) in [6.07, 6.45) is 7.74. The van der Waals surface area contributed by atoms with Gasteiger partial charge in [0.25, 0.3) is 0 Å². The van der Waals surface area contributed by atoms with Crippen LogP contribution >= 0.6 is 11.3 Å². The Hall–Kier alpha value is -2.32. The van der Waals surface area contributed by atoms with Crippen LogP contribution in [0.3, 0.4) is 0 Å².